The Morgan fingerprint density at radius 3 is 2.33 bits per heavy atom. The van der Waals surface area contributed by atoms with Crippen LogP contribution in [-0.2, 0) is 4.79 Å². The summed E-state index contributed by atoms with van der Waals surface area (Å²) >= 11 is 0. The average molecular weight is 332 g/mol. The van der Waals surface area contributed by atoms with Gasteiger partial charge in [-0.05, 0) is 25.9 Å². The Kier molecular flexibility index (Phi) is 10.8. The van der Waals surface area contributed by atoms with Crippen molar-refractivity contribution in [2.24, 2.45) is 4.99 Å². The Labute approximate surface area is 147 Å². The number of benzene rings is 1. The molecule has 4 nitrogen and oxygen atoms in total. The second-order valence-electron chi connectivity index (χ2n) is 5.89. The fraction of sp³-hybridized carbons (Fsp3) is 0.600. The van der Waals surface area contributed by atoms with Crippen molar-refractivity contribution < 1.29 is 4.79 Å². The van der Waals surface area contributed by atoms with Crippen molar-refractivity contribution in [3.8, 4) is 0 Å². The number of carbonyl (C=O) groups excluding carboxylic acids is 1. The molecule has 24 heavy (non-hydrogen) atoms. The second-order valence-corrected chi connectivity index (χ2v) is 5.89. The van der Waals surface area contributed by atoms with Crippen LogP contribution in [0.4, 0.5) is 0 Å². The quantitative estimate of drug-likeness (QED) is 0.255. The van der Waals surface area contributed by atoms with Gasteiger partial charge in [-0.2, -0.15) is 0 Å². The highest BCUT2D eigenvalue weighted by Gasteiger charge is 2.12. The minimum atomic E-state index is 0.613. The molecule has 0 saturated heterocycles. The molecule has 0 N–H and O–H groups in total. The molecule has 134 valence electrons. The van der Waals surface area contributed by atoms with Crippen LogP contribution in [0.3, 0.4) is 0 Å². The highest BCUT2D eigenvalue weighted by atomic mass is 16.1. The predicted molar refractivity (Wildman–Crippen MR) is 103 cm³/mol. The Balaban J connectivity index is 2.90. The maximum Gasteiger partial charge on any atom is 0.130 e. The maximum absolute atomic E-state index is 10.6. The van der Waals surface area contributed by atoms with E-state index in [0.29, 0.717) is 6.42 Å². The van der Waals surface area contributed by atoms with E-state index >= 15 is 0 Å². The lowest BCUT2D eigenvalue weighted by atomic mass is 10.1. The van der Waals surface area contributed by atoms with Crippen LogP contribution < -0.4 is 0 Å². The van der Waals surface area contributed by atoms with Crippen LogP contribution in [0.1, 0.15) is 45.6 Å². The van der Waals surface area contributed by atoms with E-state index in [9.17, 15) is 4.79 Å². The number of carbonyl (C=O) groups is 1. The zero-order chi connectivity index (χ0) is 17.6. The highest BCUT2D eigenvalue weighted by Crippen LogP contribution is 2.09. The number of nitrogens with zero attached hydrogens (tertiary/aromatic N) is 3. The monoisotopic (exact) mass is 331 g/mol. The molecule has 0 bridgehead atoms. The Hall–Kier alpha value is -1.68. The molecule has 1 rings (SSSR count). The maximum atomic E-state index is 10.6. The summed E-state index contributed by atoms with van der Waals surface area (Å²) in [5.74, 6) is 1.07. The lowest BCUT2D eigenvalue weighted by Gasteiger charge is -2.26. The smallest absolute Gasteiger partial charge is 0.130 e. The Morgan fingerprint density at radius 2 is 1.75 bits per heavy atom. The zero-order valence-corrected chi connectivity index (χ0v) is 15.6. The van der Waals surface area contributed by atoms with Crippen LogP contribution in [0.5, 0.6) is 0 Å². The van der Waals surface area contributed by atoms with Crippen LogP contribution in [-0.4, -0.2) is 61.2 Å². The van der Waals surface area contributed by atoms with E-state index in [-0.39, 0.29) is 0 Å². The normalized spacial score (nSPS) is 11.8. The summed E-state index contributed by atoms with van der Waals surface area (Å²) in [7, 11) is 0. The molecule has 4 heteroatoms. The molecule has 0 aromatic heterocycles. The summed E-state index contributed by atoms with van der Waals surface area (Å²) in [6.07, 6.45) is 3.57. The van der Waals surface area contributed by atoms with Crippen LogP contribution in [0, 0.1) is 0 Å². The fourth-order valence-electron chi connectivity index (χ4n) is 2.76. The summed E-state index contributed by atoms with van der Waals surface area (Å²) in [6.45, 7) is 12.3. The zero-order valence-electron chi connectivity index (χ0n) is 15.6. The molecule has 0 aliphatic heterocycles. The SMILES string of the molecule is CCCN(CCCC=O)C(=NCCN(CC)CC)c1ccccc1. The number of aldehydes is 1. The van der Waals surface area contributed by atoms with E-state index in [2.05, 4.69) is 54.8 Å². The number of hydrogen-bond donors (Lipinski definition) is 0. The minimum absolute atomic E-state index is 0.613. The van der Waals surface area contributed by atoms with Crippen LogP contribution in [0.15, 0.2) is 35.3 Å². The van der Waals surface area contributed by atoms with Crippen molar-refractivity contribution in [2.75, 3.05) is 39.3 Å². The van der Waals surface area contributed by atoms with E-state index in [1.54, 1.807) is 0 Å². The molecule has 0 unspecified atom stereocenters. The summed E-state index contributed by atoms with van der Waals surface area (Å²) in [6, 6.07) is 10.4. The van der Waals surface area contributed by atoms with E-state index in [1.807, 2.05) is 6.07 Å². The van der Waals surface area contributed by atoms with E-state index < -0.39 is 0 Å². The molecule has 0 aliphatic rings. The number of amidine groups is 1. The summed E-state index contributed by atoms with van der Waals surface area (Å²) in [5, 5.41) is 0. The molecular formula is C20H33N3O. The molecule has 1 aromatic rings. The average Bonchev–Trinajstić information content (AvgIpc) is 2.62. The lowest BCUT2D eigenvalue weighted by Crippen LogP contribution is -2.34. The summed E-state index contributed by atoms with van der Waals surface area (Å²) in [4.78, 5) is 20.3. The van der Waals surface area contributed by atoms with Gasteiger partial charge in [0.05, 0.1) is 6.54 Å². The highest BCUT2D eigenvalue weighted by molar-refractivity contribution is 5.98. The van der Waals surface area contributed by atoms with Gasteiger partial charge in [0.1, 0.15) is 12.1 Å². The van der Waals surface area contributed by atoms with Crippen molar-refractivity contribution in [3.63, 3.8) is 0 Å². The van der Waals surface area contributed by atoms with Crippen molar-refractivity contribution in [3.05, 3.63) is 35.9 Å². The molecular weight excluding hydrogens is 298 g/mol. The number of rotatable bonds is 12. The first kappa shape index (κ1) is 20.4. The van der Waals surface area contributed by atoms with Crippen molar-refractivity contribution >= 4 is 12.1 Å². The molecule has 0 heterocycles. The van der Waals surface area contributed by atoms with Gasteiger partial charge in [-0.25, -0.2) is 0 Å². The van der Waals surface area contributed by atoms with Gasteiger partial charge in [0, 0.05) is 31.6 Å². The first-order valence-electron chi connectivity index (χ1n) is 9.27. The number of aliphatic imine (C=N–C) groups is 1. The van der Waals surface area contributed by atoms with Gasteiger partial charge in [-0.1, -0.05) is 51.1 Å². The fourth-order valence-corrected chi connectivity index (χ4v) is 2.76. The number of hydrogen-bond acceptors (Lipinski definition) is 3. The lowest BCUT2D eigenvalue weighted by molar-refractivity contribution is -0.107. The van der Waals surface area contributed by atoms with Crippen LogP contribution in [0.25, 0.3) is 0 Å². The Morgan fingerprint density at radius 1 is 1.04 bits per heavy atom. The third-order valence-corrected chi connectivity index (χ3v) is 4.15. The van der Waals surface area contributed by atoms with Gasteiger partial charge in [-0.15, -0.1) is 0 Å². The van der Waals surface area contributed by atoms with E-state index in [4.69, 9.17) is 4.99 Å². The summed E-state index contributed by atoms with van der Waals surface area (Å²) in [5.41, 5.74) is 1.16. The van der Waals surface area contributed by atoms with Gasteiger partial charge in [0.2, 0.25) is 0 Å². The molecule has 0 atom stereocenters. The van der Waals surface area contributed by atoms with Crippen LogP contribution >= 0.6 is 0 Å². The Bertz CT molecular complexity index is 469. The predicted octanol–water partition coefficient (Wildman–Crippen LogP) is 3.47. The summed E-state index contributed by atoms with van der Waals surface area (Å²) < 4.78 is 0. The first-order chi connectivity index (χ1) is 11.8. The van der Waals surface area contributed by atoms with Crippen molar-refractivity contribution in [2.45, 2.75) is 40.0 Å². The molecule has 1 aromatic carbocycles. The van der Waals surface area contributed by atoms with Crippen molar-refractivity contribution in [1.82, 2.24) is 9.80 Å². The van der Waals surface area contributed by atoms with Gasteiger partial charge in [0.15, 0.2) is 0 Å². The number of unbranched alkanes of at least 4 members (excludes halogenated alkanes) is 1. The molecule has 0 aliphatic carbocycles. The second kappa shape index (κ2) is 12.7. The molecule has 0 radical (unpaired) electrons. The molecule has 0 amide bonds. The topological polar surface area (TPSA) is 35.9 Å². The van der Waals surface area contributed by atoms with Gasteiger partial charge in [0.25, 0.3) is 0 Å². The molecule has 0 fully saturated rings. The standard InChI is InChI=1S/C20H33N3O/c1-4-15-23(16-10-11-18-24)20(19-12-8-7-9-13-19)21-14-17-22(5-2)6-3/h7-9,12-13,18H,4-6,10-11,14-17H2,1-3H3. The molecule has 0 saturated carbocycles. The van der Waals surface area contributed by atoms with Gasteiger partial charge >= 0.3 is 0 Å². The van der Waals surface area contributed by atoms with Gasteiger partial charge in [-0.3, -0.25) is 4.99 Å². The van der Waals surface area contributed by atoms with E-state index in [1.165, 1.54) is 0 Å². The third-order valence-electron chi connectivity index (χ3n) is 4.15. The number of likely N-dealkylation sites (N-methyl/N-ethyl adjacent to an activating group) is 1. The van der Waals surface area contributed by atoms with Crippen molar-refractivity contribution in [1.29, 1.82) is 0 Å². The minimum Gasteiger partial charge on any atom is -0.356 e. The van der Waals surface area contributed by atoms with Crippen LogP contribution in [0.2, 0.25) is 0 Å². The largest absolute Gasteiger partial charge is 0.356 e. The van der Waals surface area contributed by atoms with E-state index in [0.717, 1.165) is 69.8 Å². The van der Waals surface area contributed by atoms with Gasteiger partial charge < -0.3 is 14.6 Å². The molecule has 0 spiro atoms. The first-order valence-corrected chi connectivity index (χ1v) is 9.27. The third kappa shape index (κ3) is 7.26.